The van der Waals surface area contributed by atoms with E-state index in [0.29, 0.717) is 31.9 Å². The summed E-state index contributed by atoms with van der Waals surface area (Å²) in [5, 5.41) is 14.7. The molecule has 0 fully saturated rings. The second-order valence-corrected chi connectivity index (χ2v) is 5.75. The molecule has 0 aromatic heterocycles. The Morgan fingerprint density at radius 1 is 1.00 bits per heavy atom. The van der Waals surface area contributed by atoms with Crippen LogP contribution in [0.1, 0.15) is 23.6 Å². The normalized spacial score (nSPS) is 10.3. The molecule has 3 N–H and O–H groups in total. The molecule has 2 rings (SSSR count). The van der Waals surface area contributed by atoms with Crippen molar-refractivity contribution in [3.8, 4) is 11.5 Å². The number of urea groups is 1. The van der Waals surface area contributed by atoms with E-state index in [9.17, 15) is 4.79 Å². The van der Waals surface area contributed by atoms with Gasteiger partial charge < -0.3 is 25.2 Å². The Kier molecular flexibility index (Phi) is 7.76. The Bertz CT molecular complexity index is 701. The summed E-state index contributed by atoms with van der Waals surface area (Å²) in [6, 6.07) is 13.0. The molecule has 2 aromatic rings. The van der Waals surface area contributed by atoms with Gasteiger partial charge in [-0.15, -0.1) is 0 Å². The molecule has 26 heavy (non-hydrogen) atoms. The van der Waals surface area contributed by atoms with Crippen molar-refractivity contribution in [3.63, 3.8) is 0 Å². The zero-order valence-electron chi connectivity index (χ0n) is 15.2. The topological polar surface area (TPSA) is 79.8 Å². The van der Waals surface area contributed by atoms with Crippen molar-refractivity contribution in [2.45, 2.75) is 26.5 Å². The highest BCUT2D eigenvalue weighted by atomic mass is 16.5. The first kappa shape index (κ1) is 19.6. The van der Waals surface area contributed by atoms with Crippen molar-refractivity contribution in [1.29, 1.82) is 0 Å². The molecule has 0 radical (unpaired) electrons. The van der Waals surface area contributed by atoms with Gasteiger partial charge in [0.1, 0.15) is 0 Å². The zero-order valence-corrected chi connectivity index (χ0v) is 15.2. The Morgan fingerprint density at radius 2 is 1.69 bits per heavy atom. The van der Waals surface area contributed by atoms with Gasteiger partial charge in [-0.1, -0.05) is 30.3 Å². The smallest absolute Gasteiger partial charge is 0.315 e. The number of hydrogen-bond donors (Lipinski definition) is 3. The molecule has 140 valence electrons. The predicted molar refractivity (Wildman–Crippen MR) is 100 cm³/mol. The first-order valence-electron chi connectivity index (χ1n) is 8.66. The summed E-state index contributed by atoms with van der Waals surface area (Å²) in [6.45, 7) is 3.49. The number of aliphatic hydroxyl groups is 1. The van der Waals surface area contributed by atoms with Crippen LogP contribution in [-0.2, 0) is 19.6 Å². The number of carbonyl (C=O) groups excluding carboxylic acids is 1. The van der Waals surface area contributed by atoms with Crippen molar-refractivity contribution in [2.24, 2.45) is 0 Å². The van der Waals surface area contributed by atoms with Crippen LogP contribution in [-0.4, -0.2) is 31.4 Å². The van der Waals surface area contributed by atoms with Crippen molar-refractivity contribution < 1.29 is 19.4 Å². The summed E-state index contributed by atoms with van der Waals surface area (Å²) in [5.74, 6) is 1.41. The fourth-order valence-corrected chi connectivity index (χ4v) is 2.47. The molecule has 0 saturated heterocycles. The number of ether oxygens (including phenoxy) is 2. The van der Waals surface area contributed by atoms with Crippen LogP contribution in [0.15, 0.2) is 42.5 Å². The summed E-state index contributed by atoms with van der Waals surface area (Å²) in [6.07, 6.45) is 0.696. The van der Waals surface area contributed by atoms with Crippen LogP contribution in [0.3, 0.4) is 0 Å². The van der Waals surface area contributed by atoms with Crippen molar-refractivity contribution >= 4 is 6.03 Å². The van der Waals surface area contributed by atoms with Gasteiger partial charge in [0.15, 0.2) is 11.5 Å². The third kappa shape index (κ3) is 5.97. The molecule has 6 nitrogen and oxygen atoms in total. The van der Waals surface area contributed by atoms with Crippen LogP contribution < -0.4 is 20.1 Å². The minimum atomic E-state index is -0.214. The molecule has 0 atom stereocenters. The molecular weight excluding hydrogens is 332 g/mol. The van der Waals surface area contributed by atoms with Crippen LogP contribution in [0.2, 0.25) is 0 Å². The maximum atomic E-state index is 11.9. The molecule has 0 unspecified atom stereocenters. The van der Waals surface area contributed by atoms with Gasteiger partial charge in [0.2, 0.25) is 0 Å². The summed E-state index contributed by atoms with van der Waals surface area (Å²) in [7, 11) is 1.61. The number of aliphatic hydroxyl groups excluding tert-OH is 1. The fourth-order valence-electron chi connectivity index (χ4n) is 2.47. The van der Waals surface area contributed by atoms with Crippen LogP contribution in [0.25, 0.3) is 0 Å². The van der Waals surface area contributed by atoms with Crippen LogP contribution in [0.4, 0.5) is 4.79 Å². The summed E-state index contributed by atoms with van der Waals surface area (Å²) >= 11 is 0. The van der Waals surface area contributed by atoms with Gasteiger partial charge in [-0.2, -0.15) is 0 Å². The maximum Gasteiger partial charge on any atom is 0.315 e. The highest BCUT2D eigenvalue weighted by molar-refractivity contribution is 5.73. The molecule has 0 aliphatic heterocycles. The van der Waals surface area contributed by atoms with Crippen LogP contribution in [0.5, 0.6) is 11.5 Å². The van der Waals surface area contributed by atoms with Gasteiger partial charge in [-0.05, 0) is 42.2 Å². The minimum Gasteiger partial charge on any atom is -0.493 e. The average molecular weight is 358 g/mol. The lowest BCUT2D eigenvalue weighted by atomic mass is 10.1. The standard InChI is InChI=1S/C20H26N2O4/c1-3-26-18-9-8-15(12-19(18)25-2)10-11-21-20(24)22-13-16-4-6-17(14-23)7-5-16/h4-9,12,23H,3,10-11,13-14H2,1-2H3,(H2,21,22,24). The molecule has 2 aromatic carbocycles. The molecule has 0 bridgehead atoms. The molecule has 0 aliphatic rings. The number of methoxy groups -OCH3 is 1. The monoisotopic (exact) mass is 358 g/mol. The first-order chi connectivity index (χ1) is 12.7. The summed E-state index contributed by atoms with van der Waals surface area (Å²) in [4.78, 5) is 11.9. The van der Waals surface area contributed by atoms with Gasteiger partial charge >= 0.3 is 6.03 Å². The highest BCUT2D eigenvalue weighted by Crippen LogP contribution is 2.28. The number of rotatable bonds is 9. The van der Waals surface area contributed by atoms with Gasteiger partial charge in [-0.25, -0.2) is 4.79 Å². The molecule has 0 spiro atoms. The Morgan fingerprint density at radius 3 is 2.35 bits per heavy atom. The fraction of sp³-hybridized carbons (Fsp3) is 0.350. The third-order valence-corrected chi connectivity index (χ3v) is 3.89. The SMILES string of the molecule is CCOc1ccc(CCNC(=O)NCc2ccc(CO)cc2)cc1OC. The Hall–Kier alpha value is -2.73. The molecular formula is C20H26N2O4. The predicted octanol–water partition coefficient (Wildman–Crippen LogP) is 2.63. The van der Waals surface area contributed by atoms with Crippen LogP contribution >= 0.6 is 0 Å². The lowest BCUT2D eigenvalue weighted by molar-refractivity contribution is 0.240. The van der Waals surface area contributed by atoms with E-state index < -0.39 is 0 Å². The van der Waals surface area contributed by atoms with Crippen molar-refractivity contribution in [1.82, 2.24) is 10.6 Å². The van der Waals surface area contributed by atoms with Crippen molar-refractivity contribution in [3.05, 3.63) is 59.2 Å². The van der Waals surface area contributed by atoms with E-state index in [1.807, 2.05) is 49.4 Å². The lowest BCUT2D eigenvalue weighted by Gasteiger charge is -2.12. The minimum absolute atomic E-state index is 0.0184. The zero-order chi connectivity index (χ0) is 18.8. The second kappa shape index (κ2) is 10.3. The molecule has 0 aliphatic carbocycles. The van der Waals surface area contributed by atoms with E-state index in [0.717, 1.165) is 22.4 Å². The number of hydrogen-bond acceptors (Lipinski definition) is 4. The maximum absolute atomic E-state index is 11.9. The first-order valence-corrected chi connectivity index (χ1v) is 8.66. The molecule has 6 heteroatoms. The lowest BCUT2D eigenvalue weighted by Crippen LogP contribution is -2.36. The van der Waals surface area contributed by atoms with Crippen LogP contribution in [0, 0.1) is 0 Å². The number of benzene rings is 2. The van der Waals surface area contributed by atoms with Gasteiger partial charge in [0.25, 0.3) is 0 Å². The van der Waals surface area contributed by atoms with E-state index in [-0.39, 0.29) is 12.6 Å². The van der Waals surface area contributed by atoms with E-state index in [1.54, 1.807) is 7.11 Å². The average Bonchev–Trinajstić information content (AvgIpc) is 2.68. The van der Waals surface area contributed by atoms with E-state index >= 15 is 0 Å². The number of nitrogens with one attached hydrogen (secondary N) is 2. The van der Waals surface area contributed by atoms with E-state index in [2.05, 4.69) is 10.6 Å². The largest absolute Gasteiger partial charge is 0.493 e. The summed E-state index contributed by atoms with van der Waals surface area (Å²) < 4.78 is 10.8. The van der Waals surface area contributed by atoms with E-state index in [4.69, 9.17) is 14.6 Å². The number of carbonyl (C=O) groups is 1. The summed E-state index contributed by atoms with van der Waals surface area (Å²) in [5.41, 5.74) is 2.89. The second-order valence-electron chi connectivity index (χ2n) is 5.75. The highest BCUT2D eigenvalue weighted by Gasteiger charge is 2.06. The molecule has 0 saturated carbocycles. The quantitative estimate of drug-likeness (QED) is 0.644. The molecule has 0 heterocycles. The van der Waals surface area contributed by atoms with Gasteiger partial charge in [-0.3, -0.25) is 0 Å². The number of amides is 2. The van der Waals surface area contributed by atoms with Gasteiger partial charge in [0, 0.05) is 13.1 Å². The third-order valence-electron chi connectivity index (χ3n) is 3.89. The van der Waals surface area contributed by atoms with Crippen molar-refractivity contribution in [2.75, 3.05) is 20.3 Å². The Balaban J connectivity index is 1.75. The molecule has 2 amide bonds. The Labute approximate surface area is 154 Å². The van der Waals surface area contributed by atoms with E-state index in [1.165, 1.54) is 0 Å². The van der Waals surface area contributed by atoms with Gasteiger partial charge in [0.05, 0.1) is 20.3 Å².